The van der Waals surface area contributed by atoms with Crippen LogP contribution in [0.2, 0.25) is 0 Å². The SMILES string of the molecule is COC1(N(N[C@H](C)C(=O)O)C(=O)OCc2ccccc2)CN(S(=O)(=O)[O-])C1=O.[Na+]. The monoisotopic (exact) mass is 439 g/mol. The Morgan fingerprint density at radius 1 is 1.38 bits per heavy atom. The Hall–Kier alpha value is -1.74. The zero-order valence-corrected chi connectivity index (χ0v) is 18.7. The van der Waals surface area contributed by atoms with Gasteiger partial charge in [0.15, 0.2) is 10.3 Å². The summed E-state index contributed by atoms with van der Waals surface area (Å²) in [6.07, 6.45) is -1.20. The quantitative estimate of drug-likeness (QED) is 0.135. The minimum atomic E-state index is -5.12. The molecule has 1 aromatic rings. The summed E-state index contributed by atoms with van der Waals surface area (Å²) in [6.45, 7) is 0.138. The molecule has 1 heterocycles. The van der Waals surface area contributed by atoms with Crippen molar-refractivity contribution in [2.45, 2.75) is 25.3 Å². The minimum absolute atomic E-state index is 0. The van der Waals surface area contributed by atoms with Crippen LogP contribution in [0.4, 0.5) is 4.79 Å². The first kappa shape index (κ1) is 25.3. The zero-order valence-electron chi connectivity index (χ0n) is 15.9. The van der Waals surface area contributed by atoms with E-state index in [0.717, 1.165) is 7.11 Å². The third-order valence-electron chi connectivity index (χ3n) is 3.97. The van der Waals surface area contributed by atoms with Crippen LogP contribution >= 0.6 is 0 Å². The largest absolute Gasteiger partial charge is 1.00 e. The van der Waals surface area contributed by atoms with Crippen LogP contribution in [0.25, 0.3) is 0 Å². The van der Waals surface area contributed by atoms with Crippen LogP contribution in [-0.4, -0.2) is 70.8 Å². The first-order chi connectivity index (χ1) is 13.0. The molecule has 0 aromatic heterocycles. The Morgan fingerprint density at radius 2 is 1.97 bits per heavy atom. The molecule has 0 saturated carbocycles. The van der Waals surface area contributed by atoms with Crippen LogP contribution in [-0.2, 0) is 36.0 Å². The van der Waals surface area contributed by atoms with Crippen molar-refractivity contribution in [3.05, 3.63) is 35.9 Å². The van der Waals surface area contributed by atoms with Gasteiger partial charge in [-0.3, -0.25) is 9.59 Å². The second-order valence-electron chi connectivity index (χ2n) is 5.82. The van der Waals surface area contributed by atoms with Crippen LogP contribution in [0.5, 0.6) is 0 Å². The Labute approximate surface area is 188 Å². The molecule has 2 N–H and O–H groups in total. The Balaban J connectivity index is 0.00000420. The summed E-state index contributed by atoms with van der Waals surface area (Å²) in [4.78, 5) is 36.0. The van der Waals surface area contributed by atoms with Crippen LogP contribution in [0.1, 0.15) is 12.5 Å². The number of carbonyl (C=O) groups is 3. The molecule has 0 radical (unpaired) electrons. The van der Waals surface area contributed by atoms with Gasteiger partial charge in [0.05, 0.1) is 6.54 Å². The summed E-state index contributed by atoms with van der Waals surface area (Å²) in [7, 11) is -4.13. The fraction of sp³-hybridized carbons (Fsp3) is 0.400. The van der Waals surface area contributed by atoms with Gasteiger partial charge < -0.3 is 19.1 Å². The van der Waals surface area contributed by atoms with Crippen LogP contribution < -0.4 is 35.0 Å². The molecule has 1 unspecified atom stereocenters. The van der Waals surface area contributed by atoms with E-state index in [-0.39, 0.29) is 40.5 Å². The number of benzene rings is 1. The van der Waals surface area contributed by atoms with Gasteiger partial charge in [0.1, 0.15) is 12.6 Å². The molecule has 1 saturated heterocycles. The fourth-order valence-corrected chi connectivity index (χ4v) is 3.04. The molecule has 2 rings (SSSR count). The van der Waals surface area contributed by atoms with Crippen LogP contribution in [0.15, 0.2) is 30.3 Å². The smallest absolute Gasteiger partial charge is 0.731 e. The van der Waals surface area contributed by atoms with Crippen LogP contribution in [0, 0.1) is 0 Å². The number of nitrogens with zero attached hydrogens (tertiary/aromatic N) is 2. The molecule has 0 bridgehead atoms. The second-order valence-corrected chi connectivity index (χ2v) is 7.12. The molecular formula is C15H18N3NaO9S. The van der Waals surface area contributed by atoms with E-state index in [1.165, 1.54) is 6.92 Å². The average molecular weight is 439 g/mol. The number of β-lactam (4-membered cyclic amide) rings is 1. The number of hydrazine groups is 1. The summed E-state index contributed by atoms with van der Waals surface area (Å²) < 4.78 is 43.4. The van der Waals surface area contributed by atoms with Crippen molar-refractivity contribution in [1.29, 1.82) is 0 Å². The van der Waals surface area contributed by atoms with Gasteiger partial charge in [-0.25, -0.2) is 22.9 Å². The molecule has 1 fully saturated rings. The molecular weight excluding hydrogens is 421 g/mol. The Kier molecular flexibility index (Phi) is 8.59. The van der Waals surface area contributed by atoms with E-state index in [1.807, 2.05) is 0 Å². The maximum Gasteiger partial charge on any atom is 1.00 e. The van der Waals surface area contributed by atoms with E-state index >= 15 is 0 Å². The Bertz CT molecular complexity index is 867. The van der Waals surface area contributed by atoms with Crippen molar-refractivity contribution in [1.82, 2.24) is 14.7 Å². The number of aliphatic carboxylic acids is 1. The number of carboxylic acid groups (broad SMARTS) is 1. The van der Waals surface area contributed by atoms with Gasteiger partial charge in [-0.2, -0.15) is 5.01 Å². The predicted molar refractivity (Wildman–Crippen MR) is 89.8 cm³/mol. The summed E-state index contributed by atoms with van der Waals surface area (Å²) in [5.74, 6) is -2.72. The Morgan fingerprint density at radius 3 is 2.41 bits per heavy atom. The number of methoxy groups -OCH3 is 1. The van der Waals surface area contributed by atoms with Crippen molar-refractivity contribution >= 4 is 28.3 Å². The van der Waals surface area contributed by atoms with Gasteiger partial charge in [0.2, 0.25) is 0 Å². The number of nitrogens with one attached hydrogen (secondary N) is 1. The summed E-state index contributed by atoms with van der Waals surface area (Å²) in [6, 6.07) is 7.11. The first-order valence-corrected chi connectivity index (χ1v) is 9.22. The van der Waals surface area contributed by atoms with E-state index in [1.54, 1.807) is 30.3 Å². The normalized spacial score (nSPS) is 19.6. The van der Waals surface area contributed by atoms with Crippen LogP contribution in [0.3, 0.4) is 0 Å². The van der Waals surface area contributed by atoms with Gasteiger partial charge in [0, 0.05) is 7.11 Å². The van der Waals surface area contributed by atoms with Gasteiger partial charge in [0.25, 0.3) is 11.6 Å². The number of carboxylic acids is 1. The molecule has 2 amide bonds. The van der Waals surface area contributed by atoms with E-state index < -0.39 is 46.6 Å². The molecule has 1 aromatic carbocycles. The van der Waals surface area contributed by atoms with Crippen molar-refractivity contribution in [2.24, 2.45) is 0 Å². The summed E-state index contributed by atoms with van der Waals surface area (Å²) in [5.41, 5.74) is 0.592. The van der Waals surface area contributed by atoms with Gasteiger partial charge in [-0.1, -0.05) is 30.3 Å². The molecule has 1 aliphatic heterocycles. The molecule has 0 spiro atoms. The van der Waals surface area contributed by atoms with Crippen molar-refractivity contribution in [2.75, 3.05) is 13.7 Å². The van der Waals surface area contributed by atoms with Crippen molar-refractivity contribution in [3.8, 4) is 0 Å². The topological polar surface area (TPSA) is 166 Å². The predicted octanol–water partition coefficient (Wildman–Crippen LogP) is -3.75. The van der Waals surface area contributed by atoms with Gasteiger partial charge in [-0.15, -0.1) is 0 Å². The first-order valence-electron chi connectivity index (χ1n) is 7.86. The fourth-order valence-electron chi connectivity index (χ4n) is 2.36. The third-order valence-corrected chi connectivity index (χ3v) is 4.80. The van der Waals surface area contributed by atoms with Crippen molar-refractivity contribution < 1.29 is 71.5 Å². The molecule has 14 heteroatoms. The van der Waals surface area contributed by atoms with E-state index in [0.29, 0.717) is 10.6 Å². The summed E-state index contributed by atoms with van der Waals surface area (Å²) >= 11 is 0. The molecule has 12 nitrogen and oxygen atoms in total. The second kappa shape index (κ2) is 9.84. The number of hydrogen-bond donors (Lipinski definition) is 2. The van der Waals surface area contributed by atoms with Gasteiger partial charge in [-0.05, 0) is 12.5 Å². The standard InChI is InChI=1S/C15H19N3O9S.Na/c1-10(12(19)20)16-18(14(22)27-8-11-6-4-3-5-7-11)15(26-2)9-17(13(15)21)28(23,24)25;/h3-7,10,16H,8-9H2,1-2H3,(H,19,20)(H,23,24,25);/q;+1/p-1/t10-,15?;/m1./s1. The summed E-state index contributed by atoms with van der Waals surface area (Å²) in [5, 5.41) is 9.52. The van der Waals surface area contributed by atoms with E-state index in [9.17, 15) is 27.4 Å². The maximum absolute atomic E-state index is 12.5. The molecule has 2 atom stereocenters. The van der Waals surface area contributed by atoms with E-state index in [2.05, 4.69) is 5.43 Å². The number of hydrogen-bond acceptors (Lipinski definition) is 9. The molecule has 1 aliphatic rings. The zero-order chi connectivity index (χ0) is 21.1. The maximum atomic E-state index is 12.5. The molecule has 154 valence electrons. The molecule has 29 heavy (non-hydrogen) atoms. The van der Waals surface area contributed by atoms with E-state index in [4.69, 9.17) is 14.6 Å². The number of rotatable bonds is 8. The molecule has 0 aliphatic carbocycles. The van der Waals surface area contributed by atoms with Gasteiger partial charge >= 0.3 is 41.6 Å². The number of amides is 2. The van der Waals surface area contributed by atoms with Crippen molar-refractivity contribution in [3.63, 3.8) is 0 Å². The average Bonchev–Trinajstić information content (AvgIpc) is 2.64. The minimum Gasteiger partial charge on any atom is -0.731 e. The third kappa shape index (κ3) is 5.45. The number of carbonyl (C=O) groups excluding carboxylic acids is 2. The number of ether oxygens (including phenoxy) is 2.